The lowest BCUT2D eigenvalue weighted by Crippen LogP contribution is -2.37. The van der Waals surface area contributed by atoms with E-state index >= 15 is 0 Å². The van der Waals surface area contributed by atoms with Crippen molar-refractivity contribution in [3.63, 3.8) is 0 Å². The standard InChI is InChI=1S/C15H33N/c1-6-7-8-9-10-11-12-13-14(16-5)15(2,3)4/h14,16H,6-13H2,1-5H3. The maximum Gasteiger partial charge on any atom is 0.0113 e. The summed E-state index contributed by atoms with van der Waals surface area (Å²) < 4.78 is 0. The van der Waals surface area contributed by atoms with Gasteiger partial charge in [-0.1, -0.05) is 72.6 Å². The molecule has 0 rings (SSSR count). The molecule has 0 fully saturated rings. The lowest BCUT2D eigenvalue weighted by atomic mass is 9.83. The first-order valence-electron chi connectivity index (χ1n) is 7.19. The molecule has 1 unspecified atom stereocenters. The van der Waals surface area contributed by atoms with Crippen LogP contribution in [0.15, 0.2) is 0 Å². The monoisotopic (exact) mass is 227 g/mol. The van der Waals surface area contributed by atoms with E-state index in [4.69, 9.17) is 0 Å². The summed E-state index contributed by atoms with van der Waals surface area (Å²) in [5, 5.41) is 3.45. The summed E-state index contributed by atoms with van der Waals surface area (Å²) in [6.45, 7) is 9.26. The van der Waals surface area contributed by atoms with Crippen LogP contribution in [-0.2, 0) is 0 Å². The van der Waals surface area contributed by atoms with Crippen LogP contribution >= 0.6 is 0 Å². The van der Waals surface area contributed by atoms with Crippen molar-refractivity contribution >= 4 is 0 Å². The van der Waals surface area contributed by atoms with Gasteiger partial charge in [0.2, 0.25) is 0 Å². The van der Waals surface area contributed by atoms with Crippen molar-refractivity contribution < 1.29 is 0 Å². The molecule has 0 aliphatic carbocycles. The van der Waals surface area contributed by atoms with Gasteiger partial charge in [0.15, 0.2) is 0 Å². The van der Waals surface area contributed by atoms with E-state index in [1.807, 2.05) is 0 Å². The SMILES string of the molecule is CCCCCCCCCC(NC)C(C)(C)C. The third-order valence-electron chi connectivity index (χ3n) is 3.49. The first kappa shape index (κ1) is 16.0. The van der Waals surface area contributed by atoms with Crippen LogP contribution in [0.1, 0.15) is 79.1 Å². The van der Waals surface area contributed by atoms with Gasteiger partial charge in [-0.15, -0.1) is 0 Å². The smallest absolute Gasteiger partial charge is 0.0113 e. The summed E-state index contributed by atoms with van der Waals surface area (Å²) in [6, 6.07) is 0.670. The molecule has 16 heavy (non-hydrogen) atoms. The van der Waals surface area contributed by atoms with Crippen molar-refractivity contribution in [2.24, 2.45) is 5.41 Å². The highest BCUT2D eigenvalue weighted by Gasteiger charge is 2.21. The van der Waals surface area contributed by atoms with E-state index in [0.717, 1.165) is 0 Å². The second-order valence-corrected chi connectivity index (χ2v) is 6.12. The molecule has 0 spiro atoms. The Morgan fingerprint density at radius 3 is 1.81 bits per heavy atom. The highest BCUT2D eigenvalue weighted by atomic mass is 14.9. The molecule has 0 amide bonds. The highest BCUT2D eigenvalue weighted by molar-refractivity contribution is 4.78. The van der Waals surface area contributed by atoms with Crippen LogP contribution in [0.4, 0.5) is 0 Å². The van der Waals surface area contributed by atoms with E-state index in [1.165, 1.54) is 51.4 Å². The molecular formula is C15H33N. The lowest BCUT2D eigenvalue weighted by molar-refractivity contribution is 0.261. The molecule has 0 aliphatic heterocycles. The van der Waals surface area contributed by atoms with E-state index in [0.29, 0.717) is 11.5 Å². The van der Waals surface area contributed by atoms with Crippen LogP contribution in [0, 0.1) is 5.41 Å². The minimum atomic E-state index is 0.400. The molecule has 1 nitrogen and oxygen atoms in total. The minimum absolute atomic E-state index is 0.400. The third kappa shape index (κ3) is 8.15. The number of rotatable bonds is 9. The molecule has 0 aromatic heterocycles. The van der Waals surface area contributed by atoms with E-state index < -0.39 is 0 Å². The van der Waals surface area contributed by atoms with Crippen molar-refractivity contribution in [2.45, 2.75) is 85.1 Å². The topological polar surface area (TPSA) is 12.0 Å². The fraction of sp³-hybridized carbons (Fsp3) is 1.00. The molecule has 1 N–H and O–H groups in total. The summed E-state index contributed by atoms with van der Waals surface area (Å²) in [4.78, 5) is 0. The van der Waals surface area contributed by atoms with Gasteiger partial charge in [0, 0.05) is 6.04 Å². The van der Waals surface area contributed by atoms with Gasteiger partial charge in [-0.2, -0.15) is 0 Å². The van der Waals surface area contributed by atoms with Gasteiger partial charge in [0.05, 0.1) is 0 Å². The Kier molecular flexibility index (Phi) is 9.02. The molecule has 0 saturated heterocycles. The number of hydrogen-bond donors (Lipinski definition) is 1. The average molecular weight is 227 g/mol. The van der Waals surface area contributed by atoms with Crippen molar-refractivity contribution in [1.29, 1.82) is 0 Å². The molecule has 0 aliphatic rings. The lowest BCUT2D eigenvalue weighted by Gasteiger charge is -2.30. The molecule has 0 saturated carbocycles. The predicted octanol–water partition coefficient (Wildman–Crippen LogP) is 4.76. The van der Waals surface area contributed by atoms with Gasteiger partial charge in [-0.3, -0.25) is 0 Å². The normalized spacial score (nSPS) is 14.1. The zero-order chi connectivity index (χ0) is 12.4. The Morgan fingerprint density at radius 1 is 0.875 bits per heavy atom. The van der Waals surface area contributed by atoms with Crippen LogP contribution in [-0.4, -0.2) is 13.1 Å². The fourth-order valence-corrected chi connectivity index (χ4v) is 2.32. The number of unbranched alkanes of at least 4 members (excludes halogenated alkanes) is 6. The Labute approximate surface area is 103 Å². The Balaban J connectivity index is 3.42. The van der Waals surface area contributed by atoms with Crippen LogP contribution in [0.25, 0.3) is 0 Å². The Morgan fingerprint density at radius 2 is 1.38 bits per heavy atom. The first-order chi connectivity index (χ1) is 7.52. The summed E-state index contributed by atoms with van der Waals surface area (Å²) in [7, 11) is 2.09. The maximum atomic E-state index is 3.45. The van der Waals surface area contributed by atoms with Crippen molar-refractivity contribution in [3.05, 3.63) is 0 Å². The summed E-state index contributed by atoms with van der Waals surface area (Å²) in [6.07, 6.45) is 11.2. The quantitative estimate of drug-likeness (QED) is 0.560. The first-order valence-corrected chi connectivity index (χ1v) is 7.19. The second kappa shape index (κ2) is 9.04. The van der Waals surface area contributed by atoms with E-state index in [9.17, 15) is 0 Å². The van der Waals surface area contributed by atoms with Crippen molar-refractivity contribution in [3.8, 4) is 0 Å². The van der Waals surface area contributed by atoms with Gasteiger partial charge in [0.25, 0.3) is 0 Å². The molecule has 1 heteroatoms. The van der Waals surface area contributed by atoms with E-state index in [-0.39, 0.29) is 0 Å². The number of nitrogens with one attached hydrogen (secondary N) is 1. The summed E-state index contributed by atoms with van der Waals surface area (Å²) in [5.41, 5.74) is 0.400. The molecule has 0 heterocycles. The Hall–Kier alpha value is -0.0400. The van der Waals surface area contributed by atoms with Crippen molar-refractivity contribution in [1.82, 2.24) is 5.32 Å². The van der Waals surface area contributed by atoms with Gasteiger partial charge >= 0.3 is 0 Å². The van der Waals surface area contributed by atoms with Crippen LogP contribution in [0.3, 0.4) is 0 Å². The van der Waals surface area contributed by atoms with Gasteiger partial charge < -0.3 is 5.32 Å². The maximum absolute atomic E-state index is 3.45. The van der Waals surface area contributed by atoms with Crippen molar-refractivity contribution in [2.75, 3.05) is 7.05 Å². The molecule has 0 aromatic rings. The summed E-state index contributed by atoms with van der Waals surface area (Å²) >= 11 is 0. The Bertz CT molecular complexity index is 146. The zero-order valence-electron chi connectivity index (χ0n) is 12.2. The fourth-order valence-electron chi connectivity index (χ4n) is 2.32. The molecular weight excluding hydrogens is 194 g/mol. The van der Waals surface area contributed by atoms with Crippen LogP contribution < -0.4 is 5.32 Å². The molecule has 0 aromatic carbocycles. The van der Waals surface area contributed by atoms with E-state index in [2.05, 4.69) is 40.1 Å². The largest absolute Gasteiger partial charge is 0.316 e. The zero-order valence-corrected chi connectivity index (χ0v) is 12.2. The molecule has 98 valence electrons. The minimum Gasteiger partial charge on any atom is -0.316 e. The second-order valence-electron chi connectivity index (χ2n) is 6.12. The predicted molar refractivity (Wildman–Crippen MR) is 74.9 cm³/mol. The van der Waals surface area contributed by atoms with E-state index in [1.54, 1.807) is 0 Å². The van der Waals surface area contributed by atoms with Gasteiger partial charge in [0.1, 0.15) is 0 Å². The van der Waals surface area contributed by atoms with Gasteiger partial charge in [-0.05, 0) is 18.9 Å². The van der Waals surface area contributed by atoms with Crippen LogP contribution in [0.2, 0.25) is 0 Å². The third-order valence-corrected chi connectivity index (χ3v) is 3.49. The van der Waals surface area contributed by atoms with Crippen LogP contribution in [0.5, 0.6) is 0 Å². The molecule has 0 bridgehead atoms. The average Bonchev–Trinajstić information content (AvgIpc) is 2.20. The molecule has 0 radical (unpaired) electrons. The summed E-state index contributed by atoms with van der Waals surface area (Å²) in [5.74, 6) is 0. The highest BCUT2D eigenvalue weighted by Crippen LogP contribution is 2.23. The molecule has 1 atom stereocenters. The number of hydrogen-bond acceptors (Lipinski definition) is 1. The van der Waals surface area contributed by atoms with Gasteiger partial charge in [-0.25, -0.2) is 0 Å².